The van der Waals surface area contributed by atoms with Crippen molar-refractivity contribution >= 4 is 11.8 Å². The Bertz CT molecular complexity index is 561. The van der Waals surface area contributed by atoms with Gasteiger partial charge in [-0.3, -0.25) is 14.5 Å². The normalized spacial score (nSPS) is 20.9. The van der Waals surface area contributed by atoms with Crippen LogP contribution < -0.4 is 10.6 Å². The summed E-state index contributed by atoms with van der Waals surface area (Å²) in [6.45, 7) is 3.20. The number of nitrogens with zero attached hydrogens (tertiary/aromatic N) is 1. The van der Waals surface area contributed by atoms with E-state index in [0.29, 0.717) is 19.8 Å². The van der Waals surface area contributed by atoms with Crippen LogP contribution in [0.3, 0.4) is 0 Å². The van der Waals surface area contributed by atoms with Crippen LogP contribution >= 0.6 is 0 Å². The molecule has 1 aromatic heterocycles. The Hall–Kier alpha value is -1.86. The first-order chi connectivity index (χ1) is 12.7. The van der Waals surface area contributed by atoms with Gasteiger partial charge in [0, 0.05) is 25.7 Å². The summed E-state index contributed by atoms with van der Waals surface area (Å²) >= 11 is 0. The van der Waals surface area contributed by atoms with Gasteiger partial charge in [0.1, 0.15) is 5.76 Å². The Kier molecular flexibility index (Phi) is 7.08. The van der Waals surface area contributed by atoms with Crippen LogP contribution in [0.2, 0.25) is 0 Å². The van der Waals surface area contributed by atoms with E-state index in [4.69, 9.17) is 9.15 Å². The van der Waals surface area contributed by atoms with Crippen LogP contribution in [0.1, 0.15) is 50.3 Å². The van der Waals surface area contributed by atoms with Crippen molar-refractivity contribution in [3.8, 4) is 0 Å². The lowest BCUT2D eigenvalue weighted by Crippen LogP contribution is -2.48. The molecule has 2 N–H and O–H groups in total. The minimum atomic E-state index is -0.570. The molecule has 0 radical (unpaired) electrons. The fourth-order valence-corrected chi connectivity index (χ4v) is 3.72. The summed E-state index contributed by atoms with van der Waals surface area (Å²) in [5.41, 5.74) is 0. The molecule has 1 aromatic rings. The number of hydrogen-bond acceptors (Lipinski definition) is 5. The van der Waals surface area contributed by atoms with Crippen LogP contribution in [-0.2, 0) is 14.3 Å². The Morgan fingerprint density at radius 2 is 1.85 bits per heavy atom. The predicted octanol–water partition coefficient (Wildman–Crippen LogP) is 1.61. The number of hydrogen-bond donors (Lipinski definition) is 2. The summed E-state index contributed by atoms with van der Waals surface area (Å²) in [5.74, 6) is -0.312. The van der Waals surface area contributed by atoms with E-state index in [0.717, 1.165) is 44.5 Å². The fourth-order valence-electron chi connectivity index (χ4n) is 3.72. The SMILES string of the molecule is O=C(NCC(c1ccco1)N1CCOCC1)C(=O)NC1CCCCCC1. The van der Waals surface area contributed by atoms with Crippen LogP contribution in [0.5, 0.6) is 0 Å². The molecule has 2 fully saturated rings. The van der Waals surface area contributed by atoms with Gasteiger partial charge < -0.3 is 19.8 Å². The molecule has 7 heteroatoms. The maximum atomic E-state index is 12.3. The lowest BCUT2D eigenvalue weighted by Gasteiger charge is -2.33. The molecule has 0 aromatic carbocycles. The number of furan rings is 1. The van der Waals surface area contributed by atoms with E-state index in [2.05, 4.69) is 15.5 Å². The summed E-state index contributed by atoms with van der Waals surface area (Å²) < 4.78 is 10.9. The highest BCUT2D eigenvalue weighted by molar-refractivity contribution is 6.35. The summed E-state index contributed by atoms with van der Waals surface area (Å²) in [4.78, 5) is 26.7. The fraction of sp³-hybridized carbons (Fsp3) is 0.684. The van der Waals surface area contributed by atoms with Crippen molar-refractivity contribution in [1.82, 2.24) is 15.5 Å². The lowest BCUT2D eigenvalue weighted by molar-refractivity contribution is -0.139. The standard InChI is InChI=1S/C19H29N3O4/c23-18(19(24)21-15-6-3-1-2-4-7-15)20-14-16(17-8-5-11-26-17)22-9-12-25-13-10-22/h5,8,11,15-16H,1-4,6-7,9-10,12-14H2,(H,20,23)(H,21,24). The van der Waals surface area contributed by atoms with E-state index in [1.807, 2.05) is 12.1 Å². The van der Waals surface area contributed by atoms with Gasteiger partial charge >= 0.3 is 11.8 Å². The van der Waals surface area contributed by atoms with Crippen molar-refractivity contribution in [2.24, 2.45) is 0 Å². The van der Waals surface area contributed by atoms with Crippen LogP contribution in [0.25, 0.3) is 0 Å². The van der Waals surface area contributed by atoms with Crippen molar-refractivity contribution in [2.45, 2.75) is 50.6 Å². The summed E-state index contributed by atoms with van der Waals surface area (Å²) in [6, 6.07) is 3.76. The summed E-state index contributed by atoms with van der Waals surface area (Å²) in [5, 5.41) is 5.67. The maximum absolute atomic E-state index is 12.3. The highest BCUT2D eigenvalue weighted by Crippen LogP contribution is 2.21. The average molecular weight is 363 g/mol. The van der Waals surface area contributed by atoms with E-state index in [1.54, 1.807) is 6.26 Å². The number of nitrogens with one attached hydrogen (secondary N) is 2. The van der Waals surface area contributed by atoms with Gasteiger partial charge in [0.15, 0.2) is 0 Å². The molecule has 2 aliphatic rings. The van der Waals surface area contributed by atoms with Gasteiger partial charge in [0.05, 0.1) is 25.5 Å². The van der Waals surface area contributed by atoms with Crippen molar-refractivity contribution in [3.63, 3.8) is 0 Å². The average Bonchev–Trinajstić information content (AvgIpc) is 3.07. The molecule has 7 nitrogen and oxygen atoms in total. The number of rotatable bonds is 5. The first kappa shape index (κ1) is 18.9. The zero-order chi connectivity index (χ0) is 18.2. The molecule has 1 saturated heterocycles. The third-order valence-corrected chi connectivity index (χ3v) is 5.21. The van der Waals surface area contributed by atoms with Gasteiger partial charge in [0.25, 0.3) is 0 Å². The van der Waals surface area contributed by atoms with Crippen molar-refractivity contribution < 1.29 is 18.7 Å². The zero-order valence-electron chi connectivity index (χ0n) is 15.2. The molecular formula is C19H29N3O4. The third-order valence-electron chi connectivity index (χ3n) is 5.21. The third kappa shape index (κ3) is 5.32. The summed E-state index contributed by atoms with van der Waals surface area (Å²) in [7, 11) is 0. The first-order valence-electron chi connectivity index (χ1n) is 9.68. The largest absolute Gasteiger partial charge is 0.468 e. The molecular weight excluding hydrogens is 334 g/mol. The van der Waals surface area contributed by atoms with E-state index < -0.39 is 11.8 Å². The molecule has 1 unspecified atom stereocenters. The van der Waals surface area contributed by atoms with Gasteiger partial charge in [-0.1, -0.05) is 25.7 Å². The Labute approximate surface area is 154 Å². The Balaban J connectivity index is 1.52. The van der Waals surface area contributed by atoms with Gasteiger partial charge in [-0.25, -0.2) is 0 Å². The molecule has 1 saturated carbocycles. The monoisotopic (exact) mass is 363 g/mol. The van der Waals surface area contributed by atoms with Crippen molar-refractivity contribution in [3.05, 3.63) is 24.2 Å². The van der Waals surface area contributed by atoms with Gasteiger partial charge in [-0.05, 0) is 25.0 Å². The second kappa shape index (κ2) is 9.73. The predicted molar refractivity (Wildman–Crippen MR) is 96.5 cm³/mol. The molecule has 3 rings (SSSR count). The quantitative estimate of drug-likeness (QED) is 0.613. The molecule has 1 aliphatic carbocycles. The molecule has 0 bridgehead atoms. The van der Waals surface area contributed by atoms with E-state index in [9.17, 15) is 9.59 Å². The van der Waals surface area contributed by atoms with E-state index >= 15 is 0 Å². The van der Waals surface area contributed by atoms with Crippen molar-refractivity contribution in [1.29, 1.82) is 0 Å². The topological polar surface area (TPSA) is 83.8 Å². The second-order valence-electron chi connectivity index (χ2n) is 7.05. The van der Waals surface area contributed by atoms with Gasteiger partial charge in [-0.15, -0.1) is 0 Å². The number of carbonyl (C=O) groups is 2. The number of morpholine rings is 1. The van der Waals surface area contributed by atoms with Gasteiger partial charge in [0.2, 0.25) is 0 Å². The molecule has 26 heavy (non-hydrogen) atoms. The van der Waals surface area contributed by atoms with Crippen LogP contribution in [0, 0.1) is 0 Å². The number of ether oxygens (including phenoxy) is 1. The van der Waals surface area contributed by atoms with Crippen LogP contribution in [-0.4, -0.2) is 55.6 Å². The summed E-state index contributed by atoms with van der Waals surface area (Å²) in [6.07, 6.45) is 8.20. The highest BCUT2D eigenvalue weighted by atomic mass is 16.5. The highest BCUT2D eigenvalue weighted by Gasteiger charge is 2.27. The molecule has 1 aliphatic heterocycles. The smallest absolute Gasteiger partial charge is 0.309 e. The molecule has 2 heterocycles. The number of carbonyl (C=O) groups excluding carboxylic acids is 2. The lowest BCUT2D eigenvalue weighted by atomic mass is 10.1. The second-order valence-corrected chi connectivity index (χ2v) is 7.05. The minimum Gasteiger partial charge on any atom is -0.468 e. The van der Waals surface area contributed by atoms with E-state index in [1.165, 1.54) is 12.8 Å². The maximum Gasteiger partial charge on any atom is 0.309 e. The minimum absolute atomic E-state index is 0.0940. The van der Waals surface area contributed by atoms with Crippen LogP contribution in [0.15, 0.2) is 22.8 Å². The molecule has 0 spiro atoms. The Morgan fingerprint density at radius 1 is 1.12 bits per heavy atom. The zero-order valence-corrected chi connectivity index (χ0v) is 15.2. The molecule has 2 amide bonds. The molecule has 1 atom stereocenters. The van der Waals surface area contributed by atoms with Crippen LogP contribution in [0.4, 0.5) is 0 Å². The number of amides is 2. The van der Waals surface area contributed by atoms with Gasteiger partial charge in [-0.2, -0.15) is 0 Å². The Morgan fingerprint density at radius 3 is 2.50 bits per heavy atom. The first-order valence-corrected chi connectivity index (χ1v) is 9.68. The van der Waals surface area contributed by atoms with E-state index in [-0.39, 0.29) is 12.1 Å². The molecule has 144 valence electrons. The van der Waals surface area contributed by atoms with Crippen molar-refractivity contribution in [2.75, 3.05) is 32.8 Å².